The summed E-state index contributed by atoms with van der Waals surface area (Å²) in [5.41, 5.74) is 4.86. The van der Waals surface area contributed by atoms with Crippen LogP contribution in [0.15, 0.2) is 18.2 Å². The van der Waals surface area contributed by atoms with Crippen molar-refractivity contribution in [1.29, 1.82) is 0 Å². The Morgan fingerprint density at radius 2 is 1.90 bits per heavy atom. The second kappa shape index (κ2) is 6.37. The van der Waals surface area contributed by atoms with Gasteiger partial charge in [-0.25, -0.2) is 0 Å². The van der Waals surface area contributed by atoms with Crippen LogP contribution in [0.3, 0.4) is 0 Å². The van der Waals surface area contributed by atoms with Crippen LogP contribution in [0.25, 0.3) is 0 Å². The lowest BCUT2D eigenvalue weighted by molar-refractivity contribution is -0.136. The summed E-state index contributed by atoms with van der Waals surface area (Å²) in [5, 5.41) is 3.05. The molecular formula is C15H21F3N2. The third-order valence-electron chi connectivity index (χ3n) is 3.95. The molecule has 2 nitrogen and oxygen atoms in total. The fraction of sp³-hybridized carbons (Fsp3) is 0.600. The minimum absolute atomic E-state index is 0.228. The summed E-state index contributed by atoms with van der Waals surface area (Å²) in [7, 11) is 0. The maximum atomic E-state index is 12.7. The van der Waals surface area contributed by atoms with Gasteiger partial charge in [0.2, 0.25) is 0 Å². The fourth-order valence-electron chi connectivity index (χ4n) is 2.83. The van der Waals surface area contributed by atoms with Crippen molar-refractivity contribution in [2.45, 2.75) is 44.7 Å². The molecule has 1 fully saturated rings. The molecule has 0 heterocycles. The van der Waals surface area contributed by atoms with E-state index in [-0.39, 0.29) is 5.69 Å². The molecule has 0 unspecified atom stereocenters. The second-order valence-corrected chi connectivity index (χ2v) is 5.52. The van der Waals surface area contributed by atoms with Gasteiger partial charge in [-0.1, -0.05) is 25.7 Å². The largest absolute Gasteiger partial charge is 0.418 e. The predicted molar refractivity (Wildman–Crippen MR) is 75.5 cm³/mol. The Morgan fingerprint density at radius 3 is 2.55 bits per heavy atom. The van der Waals surface area contributed by atoms with Crippen molar-refractivity contribution in [3.63, 3.8) is 0 Å². The Kier molecular flexibility index (Phi) is 4.78. The van der Waals surface area contributed by atoms with Gasteiger partial charge in [0.25, 0.3) is 0 Å². The van der Waals surface area contributed by atoms with Crippen molar-refractivity contribution >= 4 is 11.4 Å². The number of nitrogens with two attached hydrogens (primary N) is 1. The van der Waals surface area contributed by atoms with E-state index in [1.165, 1.54) is 31.7 Å². The van der Waals surface area contributed by atoms with Crippen molar-refractivity contribution in [3.8, 4) is 0 Å². The van der Waals surface area contributed by atoms with E-state index in [0.717, 1.165) is 24.8 Å². The first-order valence-electron chi connectivity index (χ1n) is 7.17. The van der Waals surface area contributed by atoms with Gasteiger partial charge in [-0.05, 0) is 37.0 Å². The molecule has 0 aliphatic heterocycles. The average molecular weight is 286 g/mol. The number of anilines is 2. The van der Waals surface area contributed by atoms with Gasteiger partial charge in [-0.15, -0.1) is 0 Å². The van der Waals surface area contributed by atoms with Crippen LogP contribution in [-0.2, 0) is 6.18 Å². The summed E-state index contributed by atoms with van der Waals surface area (Å²) >= 11 is 0. The van der Waals surface area contributed by atoms with Crippen LogP contribution in [0, 0.1) is 5.92 Å². The molecule has 5 heteroatoms. The van der Waals surface area contributed by atoms with E-state index in [1.807, 2.05) is 0 Å². The Labute approximate surface area is 117 Å². The van der Waals surface area contributed by atoms with Crippen molar-refractivity contribution in [3.05, 3.63) is 23.8 Å². The summed E-state index contributed by atoms with van der Waals surface area (Å²) in [6, 6.07) is 3.99. The molecule has 112 valence electrons. The van der Waals surface area contributed by atoms with Gasteiger partial charge in [0.15, 0.2) is 0 Å². The number of halogens is 3. The highest BCUT2D eigenvalue weighted by atomic mass is 19.4. The number of rotatable bonds is 5. The molecule has 0 bridgehead atoms. The molecule has 0 radical (unpaired) electrons. The number of nitrogens with one attached hydrogen (secondary N) is 1. The summed E-state index contributed by atoms with van der Waals surface area (Å²) in [6.45, 7) is 0.706. The molecule has 0 spiro atoms. The molecule has 0 saturated heterocycles. The maximum Gasteiger partial charge on any atom is 0.418 e. The predicted octanol–water partition coefficient (Wildman–Crippen LogP) is 4.67. The third kappa shape index (κ3) is 4.05. The molecule has 1 aromatic rings. The number of hydrogen-bond acceptors (Lipinski definition) is 2. The Hall–Kier alpha value is -1.39. The quantitative estimate of drug-likeness (QED) is 0.609. The SMILES string of the molecule is Nc1ccc(NCCCC2CCCC2)cc1C(F)(F)F. The minimum atomic E-state index is -4.40. The first-order chi connectivity index (χ1) is 9.47. The van der Waals surface area contributed by atoms with Crippen LogP contribution in [0.1, 0.15) is 44.1 Å². The molecule has 1 aliphatic carbocycles. The molecular weight excluding hydrogens is 265 g/mol. The Morgan fingerprint density at radius 1 is 1.20 bits per heavy atom. The van der Waals surface area contributed by atoms with Gasteiger partial charge in [0, 0.05) is 17.9 Å². The van der Waals surface area contributed by atoms with Gasteiger partial charge in [-0.3, -0.25) is 0 Å². The molecule has 2 rings (SSSR count). The van der Waals surface area contributed by atoms with Crippen LogP contribution in [0.4, 0.5) is 24.5 Å². The van der Waals surface area contributed by atoms with Crippen LogP contribution >= 0.6 is 0 Å². The van der Waals surface area contributed by atoms with Crippen LogP contribution in [0.5, 0.6) is 0 Å². The van der Waals surface area contributed by atoms with Crippen molar-refractivity contribution in [1.82, 2.24) is 0 Å². The number of hydrogen-bond donors (Lipinski definition) is 2. The third-order valence-corrected chi connectivity index (χ3v) is 3.95. The number of nitrogen functional groups attached to an aromatic ring is 1. The second-order valence-electron chi connectivity index (χ2n) is 5.52. The van der Waals surface area contributed by atoms with Gasteiger partial charge < -0.3 is 11.1 Å². The van der Waals surface area contributed by atoms with E-state index in [1.54, 1.807) is 6.07 Å². The summed E-state index contributed by atoms with van der Waals surface area (Å²) < 4.78 is 38.1. The van der Waals surface area contributed by atoms with Crippen molar-refractivity contribution in [2.75, 3.05) is 17.6 Å². The van der Waals surface area contributed by atoms with Crippen LogP contribution in [0.2, 0.25) is 0 Å². The van der Waals surface area contributed by atoms with E-state index in [2.05, 4.69) is 5.32 Å². The molecule has 0 atom stereocenters. The molecule has 20 heavy (non-hydrogen) atoms. The zero-order valence-corrected chi connectivity index (χ0v) is 11.5. The molecule has 1 saturated carbocycles. The number of benzene rings is 1. The van der Waals surface area contributed by atoms with Gasteiger partial charge >= 0.3 is 6.18 Å². The minimum Gasteiger partial charge on any atom is -0.398 e. The lowest BCUT2D eigenvalue weighted by Crippen LogP contribution is -2.10. The summed E-state index contributed by atoms with van der Waals surface area (Å²) in [5.74, 6) is 0.814. The van der Waals surface area contributed by atoms with E-state index >= 15 is 0 Å². The lowest BCUT2D eigenvalue weighted by Gasteiger charge is -2.14. The van der Waals surface area contributed by atoms with E-state index in [4.69, 9.17) is 5.73 Å². The zero-order valence-electron chi connectivity index (χ0n) is 11.5. The highest BCUT2D eigenvalue weighted by Crippen LogP contribution is 2.35. The Balaban J connectivity index is 1.83. The molecule has 1 aromatic carbocycles. The molecule has 0 aromatic heterocycles. The fourth-order valence-corrected chi connectivity index (χ4v) is 2.83. The van der Waals surface area contributed by atoms with Crippen LogP contribution < -0.4 is 11.1 Å². The first-order valence-corrected chi connectivity index (χ1v) is 7.17. The van der Waals surface area contributed by atoms with Crippen molar-refractivity contribution < 1.29 is 13.2 Å². The topological polar surface area (TPSA) is 38.0 Å². The van der Waals surface area contributed by atoms with E-state index in [9.17, 15) is 13.2 Å². The van der Waals surface area contributed by atoms with Gasteiger partial charge in [0.1, 0.15) is 0 Å². The molecule has 1 aliphatic rings. The summed E-state index contributed by atoms with van der Waals surface area (Å²) in [4.78, 5) is 0. The molecule has 0 amide bonds. The van der Waals surface area contributed by atoms with E-state index < -0.39 is 11.7 Å². The number of alkyl halides is 3. The van der Waals surface area contributed by atoms with Crippen molar-refractivity contribution in [2.24, 2.45) is 5.92 Å². The standard InChI is InChI=1S/C15H21F3N2/c16-15(17,18)13-10-12(7-8-14(13)19)20-9-3-6-11-4-1-2-5-11/h7-8,10-11,20H,1-6,9,19H2. The van der Waals surface area contributed by atoms with Gasteiger partial charge in [0.05, 0.1) is 5.56 Å². The average Bonchev–Trinajstić information content (AvgIpc) is 2.88. The van der Waals surface area contributed by atoms with E-state index in [0.29, 0.717) is 12.2 Å². The monoisotopic (exact) mass is 286 g/mol. The summed E-state index contributed by atoms with van der Waals surface area (Å²) in [6.07, 6.45) is 3.02. The highest BCUT2D eigenvalue weighted by molar-refractivity contribution is 5.58. The lowest BCUT2D eigenvalue weighted by atomic mass is 10.0. The normalized spacial score (nSPS) is 16.6. The van der Waals surface area contributed by atoms with Gasteiger partial charge in [-0.2, -0.15) is 13.2 Å². The first kappa shape index (κ1) is 15.0. The highest BCUT2D eigenvalue weighted by Gasteiger charge is 2.33. The Bertz CT molecular complexity index is 437. The molecule has 3 N–H and O–H groups in total. The smallest absolute Gasteiger partial charge is 0.398 e. The zero-order chi connectivity index (χ0) is 14.6. The van der Waals surface area contributed by atoms with Crippen LogP contribution in [-0.4, -0.2) is 6.54 Å². The maximum absolute atomic E-state index is 12.7.